The summed E-state index contributed by atoms with van der Waals surface area (Å²) in [6, 6.07) is 11.3. The van der Waals surface area contributed by atoms with Crippen LogP contribution in [0, 0.1) is 45.8 Å². The van der Waals surface area contributed by atoms with Crippen molar-refractivity contribution in [1.82, 2.24) is 4.90 Å². The van der Waals surface area contributed by atoms with Crippen LogP contribution in [0.4, 0.5) is 0 Å². The molecule has 0 bridgehead atoms. The van der Waals surface area contributed by atoms with Gasteiger partial charge in [-0.25, -0.2) is 0 Å². The molecule has 0 amide bonds. The minimum Gasteiger partial charge on any atom is -0.378 e. The van der Waals surface area contributed by atoms with Gasteiger partial charge in [0.2, 0.25) is 0 Å². The summed E-state index contributed by atoms with van der Waals surface area (Å²) in [6.45, 7) is 10.9. The zero-order valence-corrected chi connectivity index (χ0v) is 31.1. The molecule has 0 spiro atoms. The molecule has 1 aromatic carbocycles. The number of azide groups is 3. The lowest BCUT2D eigenvalue weighted by Crippen LogP contribution is -2.66. The summed E-state index contributed by atoms with van der Waals surface area (Å²) in [5.41, 5.74) is 28.3. The molecule has 278 valence electrons. The summed E-state index contributed by atoms with van der Waals surface area (Å²) in [7, 11) is 2.31. The van der Waals surface area contributed by atoms with Crippen molar-refractivity contribution in [2.24, 2.45) is 61.2 Å². The van der Waals surface area contributed by atoms with Crippen molar-refractivity contribution in [2.45, 2.75) is 109 Å². The monoisotopic (exact) mass is 702 g/mol. The van der Waals surface area contributed by atoms with E-state index < -0.39 is 0 Å². The Morgan fingerprint density at radius 2 is 1.39 bits per heavy atom. The van der Waals surface area contributed by atoms with Crippen molar-refractivity contribution in [2.75, 3.05) is 46.5 Å². The summed E-state index contributed by atoms with van der Waals surface area (Å²) >= 11 is 0. The number of ether oxygens (including phenoxy) is 3. The van der Waals surface area contributed by atoms with Crippen molar-refractivity contribution in [3.8, 4) is 0 Å². The second-order valence-electron chi connectivity index (χ2n) is 16.8. The van der Waals surface area contributed by atoms with Crippen molar-refractivity contribution >= 4 is 0 Å². The van der Waals surface area contributed by atoms with Gasteiger partial charge in [-0.15, -0.1) is 0 Å². The van der Waals surface area contributed by atoms with E-state index in [9.17, 15) is 0 Å². The lowest BCUT2D eigenvalue weighted by molar-refractivity contribution is -0.237. The molecule has 0 saturated heterocycles. The first-order valence-electron chi connectivity index (χ1n) is 19.3. The van der Waals surface area contributed by atoms with Gasteiger partial charge in [0.15, 0.2) is 0 Å². The van der Waals surface area contributed by atoms with E-state index in [1.807, 2.05) is 0 Å². The Labute approximate surface area is 303 Å². The number of rotatable bonds is 16. The molecule has 6 rings (SSSR count). The van der Waals surface area contributed by atoms with Crippen molar-refractivity contribution in [3.05, 3.63) is 67.2 Å². The third-order valence-corrected chi connectivity index (χ3v) is 14.8. The van der Waals surface area contributed by atoms with Crippen LogP contribution >= 0.6 is 0 Å². The number of fused-ring (bicyclic) bond motifs is 5. The quantitative estimate of drug-likeness (QED) is 0.0722. The molecule has 0 aromatic heterocycles. The summed E-state index contributed by atoms with van der Waals surface area (Å²) in [6.07, 6.45) is 10.0. The highest BCUT2D eigenvalue weighted by Gasteiger charge is 2.69. The average molecular weight is 703 g/mol. The summed E-state index contributed by atoms with van der Waals surface area (Å²) in [5.74, 6) is 2.15. The Bertz CT molecular complexity index is 1480. The fraction of sp³-hybridized carbons (Fsp3) is 0.842. The molecule has 5 aliphatic rings. The van der Waals surface area contributed by atoms with Gasteiger partial charge in [-0.05, 0) is 127 Å². The third-order valence-electron chi connectivity index (χ3n) is 14.8. The molecule has 5 aliphatic carbocycles. The highest BCUT2D eigenvalue weighted by atomic mass is 16.5. The molecular weight excluding hydrogens is 644 g/mol. The van der Waals surface area contributed by atoms with Crippen LogP contribution in [0.1, 0.15) is 84.1 Å². The van der Waals surface area contributed by atoms with E-state index in [1.165, 1.54) is 24.8 Å². The highest BCUT2D eigenvalue weighted by molar-refractivity contribution is 5.20. The van der Waals surface area contributed by atoms with Crippen LogP contribution in [0.15, 0.2) is 45.7 Å². The van der Waals surface area contributed by atoms with Gasteiger partial charge in [0.1, 0.15) is 0 Å². The topological polar surface area (TPSA) is 177 Å². The van der Waals surface area contributed by atoms with Crippen LogP contribution < -0.4 is 0 Å². The van der Waals surface area contributed by atoms with Gasteiger partial charge in [-0.2, -0.15) is 0 Å². The van der Waals surface area contributed by atoms with Crippen LogP contribution in [0.2, 0.25) is 0 Å². The molecule has 13 heteroatoms. The maximum Gasteiger partial charge on any atom is 0.0637 e. The predicted molar refractivity (Wildman–Crippen MR) is 196 cm³/mol. The first-order chi connectivity index (χ1) is 24.7. The van der Waals surface area contributed by atoms with Crippen LogP contribution in [0.5, 0.6) is 0 Å². The minimum atomic E-state index is -0.0598. The summed E-state index contributed by atoms with van der Waals surface area (Å²) in [5, 5.41) is 11.3. The van der Waals surface area contributed by atoms with Gasteiger partial charge in [0.05, 0.1) is 38.1 Å². The van der Waals surface area contributed by atoms with E-state index in [1.54, 1.807) is 0 Å². The number of hydrogen-bond acceptors (Lipinski definition) is 7. The van der Waals surface area contributed by atoms with Crippen molar-refractivity contribution in [3.63, 3.8) is 0 Å². The lowest BCUT2D eigenvalue weighted by atomic mass is 9.41. The molecule has 0 N–H and O–H groups in total. The Morgan fingerprint density at radius 3 is 2.04 bits per heavy atom. The van der Waals surface area contributed by atoms with E-state index in [0.717, 1.165) is 45.1 Å². The van der Waals surface area contributed by atoms with Gasteiger partial charge < -0.3 is 14.2 Å². The van der Waals surface area contributed by atoms with E-state index in [0.29, 0.717) is 75.1 Å². The normalized spacial score (nSPS) is 39.7. The molecule has 12 atom stereocenters. The van der Waals surface area contributed by atoms with Gasteiger partial charge in [-0.3, -0.25) is 4.90 Å². The van der Waals surface area contributed by atoms with Crippen LogP contribution in [-0.2, 0) is 20.8 Å². The fourth-order valence-corrected chi connectivity index (χ4v) is 12.5. The number of benzene rings is 1. The van der Waals surface area contributed by atoms with Crippen molar-refractivity contribution < 1.29 is 14.2 Å². The standard InChI is InChI=1S/C38H58N10O3/c1-36-14-12-28(49-19-16-42-45-39)22-27(36)23-31(50-20-17-43-46-40)35-29-10-11-32(38(29,3)34(24-30(35)36)51-21-18-44-47-41)37(2)15-13-33(37)48(4)25-26-8-6-5-7-9-26/h5-9,27-35H,10-25H2,1-4H3/t27?,28-,29-,30-,31+,32+,33?,34-,35?,36-,37+,38-/m0/s1. The maximum atomic E-state index is 9.06. The van der Waals surface area contributed by atoms with E-state index in [4.69, 9.17) is 30.8 Å². The largest absolute Gasteiger partial charge is 0.378 e. The van der Waals surface area contributed by atoms with E-state index in [2.05, 4.69) is 93.1 Å². The first kappa shape index (κ1) is 37.7. The van der Waals surface area contributed by atoms with E-state index in [-0.39, 0.29) is 34.6 Å². The Balaban J connectivity index is 1.30. The zero-order chi connectivity index (χ0) is 36.1. The third kappa shape index (κ3) is 7.32. The van der Waals surface area contributed by atoms with Crippen LogP contribution in [0.25, 0.3) is 31.3 Å². The number of hydrogen-bond donors (Lipinski definition) is 0. The van der Waals surface area contributed by atoms with E-state index >= 15 is 0 Å². The predicted octanol–water partition coefficient (Wildman–Crippen LogP) is 9.25. The Kier molecular flexibility index (Phi) is 12.1. The van der Waals surface area contributed by atoms with Gasteiger partial charge in [0.25, 0.3) is 0 Å². The van der Waals surface area contributed by atoms with Gasteiger partial charge in [0, 0.05) is 52.4 Å². The Hall–Kier alpha value is -3.01. The molecular formula is C38H58N10O3. The molecule has 0 aliphatic heterocycles. The summed E-state index contributed by atoms with van der Waals surface area (Å²) < 4.78 is 20.0. The number of nitrogens with zero attached hydrogens (tertiary/aromatic N) is 10. The molecule has 51 heavy (non-hydrogen) atoms. The molecule has 1 aromatic rings. The smallest absolute Gasteiger partial charge is 0.0637 e. The highest BCUT2D eigenvalue weighted by Crippen LogP contribution is 2.72. The van der Waals surface area contributed by atoms with Crippen molar-refractivity contribution in [1.29, 1.82) is 0 Å². The second kappa shape index (κ2) is 16.3. The van der Waals surface area contributed by atoms with Gasteiger partial charge in [-0.1, -0.05) is 66.4 Å². The minimum absolute atomic E-state index is 0.0554. The average Bonchev–Trinajstić information content (AvgIpc) is 3.48. The lowest BCUT2D eigenvalue weighted by Gasteiger charge is -2.66. The fourth-order valence-electron chi connectivity index (χ4n) is 12.5. The molecule has 3 unspecified atom stereocenters. The van der Waals surface area contributed by atoms with Crippen LogP contribution in [-0.4, -0.2) is 75.8 Å². The molecule has 0 heterocycles. The molecule has 0 radical (unpaired) electrons. The molecule has 5 fully saturated rings. The first-order valence-corrected chi connectivity index (χ1v) is 19.3. The van der Waals surface area contributed by atoms with Gasteiger partial charge >= 0.3 is 0 Å². The SMILES string of the molecule is CN(Cc1ccccc1)C1CC[C@]1(C)[C@H]1CC[C@H]2C3[C@H](OCCN=[N+]=[N-])CC4C[C@@H](OCCN=[N+]=[N-])CC[C@]4(C)[C@H]3C[C@H](OCCN=[N+]=[N-])[C@@]21C. The Morgan fingerprint density at radius 1 is 0.745 bits per heavy atom. The summed E-state index contributed by atoms with van der Waals surface area (Å²) in [4.78, 5) is 11.5. The molecule has 13 nitrogen and oxygen atoms in total. The zero-order valence-electron chi connectivity index (χ0n) is 31.1. The maximum absolute atomic E-state index is 9.06. The second-order valence-corrected chi connectivity index (χ2v) is 16.8. The van der Waals surface area contributed by atoms with Crippen LogP contribution in [0.3, 0.4) is 0 Å². The molecule has 5 saturated carbocycles.